The van der Waals surface area contributed by atoms with Gasteiger partial charge in [-0.2, -0.15) is 0 Å². The summed E-state index contributed by atoms with van der Waals surface area (Å²) in [7, 11) is 3.51. The van der Waals surface area contributed by atoms with Gasteiger partial charge in [-0.05, 0) is 71.5 Å². The van der Waals surface area contributed by atoms with Gasteiger partial charge < -0.3 is 20.7 Å². The summed E-state index contributed by atoms with van der Waals surface area (Å²) >= 11 is 0. The van der Waals surface area contributed by atoms with E-state index in [-0.39, 0.29) is 11.7 Å². The Bertz CT molecular complexity index is 725. The van der Waals surface area contributed by atoms with Crippen molar-refractivity contribution < 1.29 is 14.5 Å². The predicted molar refractivity (Wildman–Crippen MR) is 111 cm³/mol. The summed E-state index contributed by atoms with van der Waals surface area (Å²) < 4.78 is 5.47. The molecule has 28 heavy (non-hydrogen) atoms. The number of nitro benzene ring substituents is 1. The number of carbonyl (C=O) groups excluding carboxylic acids is 1. The molecule has 0 radical (unpaired) electrons. The Hall–Kier alpha value is -2.61. The quantitative estimate of drug-likeness (QED) is 0.518. The van der Waals surface area contributed by atoms with Crippen LogP contribution in [0.3, 0.4) is 0 Å². The average molecular weight is 393 g/mol. The van der Waals surface area contributed by atoms with Crippen molar-refractivity contribution in [2.45, 2.75) is 52.2 Å². The van der Waals surface area contributed by atoms with E-state index in [9.17, 15) is 14.9 Å². The molecule has 0 heterocycles. The highest BCUT2D eigenvalue weighted by atomic mass is 16.6. The lowest BCUT2D eigenvalue weighted by Gasteiger charge is -2.31. The smallest absolute Gasteiger partial charge is 0.410 e. The fourth-order valence-corrected chi connectivity index (χ4v) is 2.96. The number of nitrogens with one attached hydrogen (secondary N) is 1. The van der Waals surface area contributed by atoms with E-state index < -0.39 is 16.6 Å². The molecule has 0 bridgehead atoms. The van der Waals surface area contributed by atoms with E-state index in [0.29, 0.717) is 30.5 Å². The summed E-state index contributed by atoms with van der Waals surface area (Å²) in [6, 6.07) is 4.69. The van der Waals surface area contributed by atoms with E-state index in [1.54, 1.807) is 13.1 Å². The Balaban J connectivity index is 3.21. The normalized spacial score (nSPS) is 13.1. The number of ether oxygens (including phenoxy) is 1. The molecule has 0 saturated carbocycles. The third kappa shape index (κ3) is 6.53. The molecule has 0 fully saturated rings. The molecule has 0 aliphatic carbocycles. The molecule has 1 atom stereocenters. The lowest BCUT2D eigenvalue weighted by molar-refractivity contribution is -0.385. The van der Waals surface area contributed by atoms with E-state index in [1.165, 1.54) is 17.2 Å². The van der Waals surface area contributed by atoms with Gasteiger partial charge in [0.15, 0.2) is 0 Å². The molecule has 0 saturated heterocycles. The molecule has 1 aromatic carbocycles. The minimum Gasteiger partial charge on any atom is -0.444 e. The number of hydrogen-bond acceptors (Lipinski definition) is 6. The van der Waals surface area contributed by atoms with Crippen molar-refractivity contribution in [3.63, 3.8) is 0 Å². The van der Waals surface area contributed by atoms with Gasteiger partial charge in [0, 0.05) is 19.2 Å². The maximum atomic E-state index is 12.5. The summed E-state index contributed by atoms with van der Waals surface area (Å²) in [4.78, 5) is 25.2. The zero-order valence-electron chi connectivity index (χ0n) is 17.6. The average Bonchev–Trinajstić information content (AvgIpc) is 2.60. The Labute approximate surface area is 166 Å². The second-order valence-corrected chi connectivity index (χ2v) is 7.76. The van der Waals surface area contributed by atoms with Crippen molar-refractivity contribution in [2.24, 2.45) is 5.73 Å². The molecule has 8 heteroatoms. The topological polar surface area (TPSA) is 111 Å². The van der Waals surface area contributed by atoms with Crippen LogP contribution in [0.15, 0.2) is 24.4 Å². The summed E-state index contributed by atoms with van der Waals surface area (Å²) in [6.07, 6.45) is 1.97. The van der Waals surface area contributed by atoms with Gasteiger partial charge in [-0.3, -0.25) is 10.1 Å². The largest absolute Gasteiger partial charge is 0.444 e. The molecule has 156 valence electrons. The van der Waals surface area contributed by atoms with Gasteiger partial charge in [-0.15, -0.1) is 0 Å². The number of benzene rings is 1. The van der Waals surface area contributed by atoms with Crippen LogP contribution in [0.5, 0.6) is 0 Å². The van der Waals surface area contributed by atoms with Gasteiger partial charge in [0.1, 0.15) is 5.60 Å². The summed E-state index contributed by atoms with van der Waals surface area (Å²) in [5.74, 6) is 0. The minimum atomic E-state index is -0.611. The molecule has 3 N–H and O–H groups in total. The Morgan fingerprint density at radius 3 is 2.57 bits per heavy atom. The maximum Gasteiger partial charge on any atom is 0.410 e. The van der Waals surface area contributed by atoms with Crippen LogP contribution in [0.25, 0.3) is 5.57 Å². The standard InChI is InChI=1S/C20H32N4O4/c1-14-8-7-9-17(24(26)27)18(14)15(13-21)12-16(10-11-22-5)23(6)19(25)28-20(2,3)4/h7-9,13,16,22H,10-12,21H2,1-6H3/b15-13-. The number of nitrogens with two attached hydrogens (primary N) is 1. The van der Waals surface area contributed by atoms with E-state index in [0.717, 1.165) is 5.56 Å². The number of aryl methyl sites for hydroxylation is 1. The van der Waals surface area contributed by atoms with Crippen molar-refractivity contribution in [2.75, 3.05) is 20.6 Å². The first-order chi connectivity index (χ1) is 13.0. The van der Waals surface area contributed by atoms with Crippen molar-refractivity contribution in [1.82, 2.24) is 10.2 Å². The number of nitro groups is 1. The second kappa shape index (κ2) is 10.1. The number of rotatable bonds is 8. The monoisotopic (exact) mass is 392 g/mol. The number of nitrogens with zero attached hydrogens (tertiary/aromatic N) is 2. The molecule has 1 unspecified atom stereocenters. The molecular weight excluding hydrogens is 360 g/mol. The fraction of sp³-hybridized carbons (Fsp3) is 0.550. The van der Waals surface area contributed by atoms with Gasteiger partial charge in [-0.25, -0.2) is 4.79 Å². The Morgan fingerprint density at radius 2 is 2.07 bits per heavy atom. The molecule has 1 aromatic rings. The molecule has 1 amide bonds. The lowest BCUT2D eigenvalue weighted by Crippen LogP contribution is -2.42. The molecule has 8 nitrogen and oxygen atoms in total. The SMILES string of the molecule is CNCCC(C/C(=C/N)c1c(C)cccc1[N+](=O)[O-])N(C)C(=O)OC(C)(C)C. The maximum absolute atomic E-state index is 12.5. The van der Waals surface area contributed by atoms with E-state index >= 15 is 0 Å². The highest BCUT2D eigenvalue weighted by Crippen LogP contribution is 2.33. The summed E-state index contributed by atoms with van der Waals surface area (Å²) in [5.41, 5.74) is 7.15. The summed E-state index contributed by atoms with van der Waals surface area (Å²) in [6.45, 7) is 7.91. The van der Waals surface area contributed by atoms with Gasteiger partial charge in [0.05, 0.1) is 10.5 Å². The number of hydrogen-bond donors (Lipinski definition) is 2. The lowest BCUT2D eigenvalue weighted by atomic mass is 9.92. The molecule has 0 aromatic heterocycles. The molecule has 1 rings (SSSR count). The number of carbonyl (C=O) groups is 1. The van der Waals surface area contributed by atoms with Crippen molar-refractivity contribution in [3.8, 4) is 0 Å². The van der Waals surface area contributed by atoms with E-state index in [4.69, 9.17) is 10.5 Å². The highest BCUT2D eigenvalue weighted by Gasteiger charge is 2.28. The Morgan fingerprint density at radius 1 is 1.43 bits per heavy atom. The molecule has 0 aliphatic rings. The van der Waals surface area contributed by atoms with Gasteiger partial charge in [-0.1, -0.05) is 12.1 Å². The van der Waals surface area contributed by atoms with E-state index in [2.05, 4.69) is 5.32 Å². The molecule has 0 aliphatic heterocycles. The Kier molecular flexibility index (Phi) is 8.43. The van der Waals surface area contributed by atoms with Crippen LogP contribution in [-0.2, 0) is 4.74 Å². The van der Waals surface area contributed by atoms with Crippen LogP contribution in [0.2, 0.25) is 0 Å². The highest BCUT2D eigenvalue weighted by molar-refractivity contribution is 5.76. The molecular formula is C20H32N4O4. The zero-order valence-corrected chi connectivity index (χ0v) is 17.6. The van der Waals surface area contributed by atoms with Crippen LogP contribution >= 0.6 is 0 Å². The minimum absolute atomic E-state index is 0.00369. The van der Waals surface area contributed by atoms with E-state index in [1.807, 2.05) is 40.8 Å². The third-order valence-electron chi connectivity index (χ3n) is 4.38. The second-order valence-electron chi connectivity index (χ2n) is 7.76. The summed E-state index contributed by atoms with van der Waals surface area (Å²) in [5, 5.41) is 14.6. The van der Waals surface area contributed by atoms with Crippen LogP contribution < -0.4 is 11.1 Å². The first-order valence-electron chi connectivity index (χ1n) is 9.27. The van der Waals surface area contributed by atoms with Gasteiger partial charge in [0.25, 0.3) is 5.69 Å². The van der Waals surface area contributed by atoms with Crippen molar-refractivity contribution in [3.05, 3.63) is 45.6 Å². The molecule has 0 spiro atoms. The van der Waals surface area contributed by atoms with Gasteiger partial charge >= 0.3 is 6.09 Å². The van der Waals surface area contributed by atoms with Crippen molar-refractivity contribution in [1.29, 1.82) is 0 Å². The van der Waals surface area contributed by atoms with Gasteiger partial charge in [0.2, 0.25) is 0 Å². The first-order valence-corrected chi connectivity index (χ1v) is 9.27. The zero-order chi connectivity index (χ0) is 21.5. The van der Waals surface area contributed by atoms with Crippen LogP contribution in [0, 0.1) is 17.0 Å². The predicted octanol–water partition coefficient (Wildman–Crippen LogP) is 3.44. The third-order valence-corrected chi connectivity index (χ3v) is 4.38. The van der Waals surface area contributed by atoms with Crippen LogP contribution in [-0.4, -0.2) is 48.2 Å². The van der Waals surface area contributed by atoms with Crippen molar-refractivity contribution >= 4 is 17.4 Å². The van der Waals surface area contributed by atoms with Crippen LogP contribution in [0.4, 0.5) is 10.5 Å². The fourth-order valence-electron chi connectivity index (χ4n) is 2.96. The number of amides is 1. The first kappa shape index (κ1) is 23.4. The van der Waals surface area contributed by atoms with Crippen LogP contribution in [0.1, 0.15) is 44.7 Å².